The van der Waals surface area contributed by atoms with Crippen molar-refractivity contribution in [2.24, 2.45) is 47.4 Å². The van der Waals surface area contributed by atoms with Gasteiger partial charge in [-0.25, -0.2) is 9.79 Å². The summed E-state index contributed by atoms with van der Waals surface area (Å²) in [6.45, 7) is 14.0. The summed E-state index contributed by atoms with van der Waals surface area (Å²) >= 11 is 3.59. The van der Waals surface area contributed by atoms with Crippen molar-refractivity contribution < 1.29 is 74.6 Å². The van der Waals surface area contributed by atoms with Gasteiger partial charge in [0.25, 0.3) is 35.4 Å². The van der Waals surface area contributed by atoms with Crippen LogP contribution in [0.4, 0.5) is 0 Å². The Balaban J connectivity index is 0.000000178. The Labute approximate surface area is 760 Å². The van der Waals surface area contributed by atoms with Gasteiger partial charge >= 0.3 is 29.0 Å². The number of nitrogens with two attached hydrogens (primary N) is 1. The van der Waals surface area contributed by atoms with E-state index in [9.17, 15) is 38.7 Å². The molecule has 4 atom stereocenters. The number of methoxy groups -OCH3 is 4. The number of likely N-dealkylation sites (tertiary alicyclic amines) is 2. The van der Waals surface area contributed by atoms with Gasteiger partial charge in [-0.15, -0.1) is 0 Å². The number of rotatable bonds is 7. The van der Waals surface area contributed by atoms with Crippen LogP contribution < -0.4 is 22.7 Å². The van der Waals surface area contributed by atoms with Gasteiger partial charge in [0.1, 0.15) is 17.5 Å². The van der Waals surface area contributed by atoms with Crippen LogP contribution in [0.2, 0.25) is 0 Å². The van der Waals surface area contributed by atoms with E-state index in [0.29, 0.717) is 23.1 Å². The molecule has 2 saturated heterocycles. The van der Waals surface area contributed by atoms with Gasteiger partial charge in [0.15, 0.2) is 28.1 Å². The molecular formula is C96H135Br2MgN11O12. The normalized spacial score (nSPS) is 31.2. The Kier molecular flexibility index (Phi) is 31.8. The summed E-state index contributed by atoms with van der Waals surface area (Å²) in [5.74, 6) is 1.76. The zero-order valence-electron chi connectivity index (χ0n) is 72.2. The number of nitrogens with zero attached hydrogens (tertiary/aromatic N) is 10. The number of fused-ring (bicyclic) bond motifs is 12. The molecule has 23 nitrogen and oxygen atoms in total. The molecule has 15 aliphatic rings. The molecule has 5 saturated carbocycles. The third kappa shape index (κ3) is 16.2. The average Bonchev–Trinajstić information content (AvgIpc) is 1.54. The first-order valence-electron chi connectivity index (χ1n) is 43.1. The van der Waals surface area contributed by atoms with Gasteiger partial charge in [0, 0.05) is 120 Å². The number of amidine groups is 3. The van der Waals surface area contributed by atoms with Crippen LogP contribution >= 0.6 is 15.9 Å². The standard InChI is InChI=1S/C24H31N3O3.C23H30N4O3.C20H24N2O4.C19H23BrN2O2.C5H10.C2H5.3CH4.BrH.Mg/c1-16-25-24(22(29)26(16)2)20-14-17(21(28)27-12-4-5-13-27)6-7-18(20)15-23(24)10-8-19(30-3)9-11-23;1-26-20(29)23(25-21(26)24)18-13-15(19(28)27-11-3-4-12-27)5-6-16(18)14-22(23)9-7-17(30-2)8-10-22;1-12-21-20(18(25)22(12)2)16-10-13(17(23)24)4-5-14(16)11-19(20)8-6-15(26-3)7-9-19;1-12-21-19(17(23)22(12)2)16-10-14(20)5-4-13(16)11-18(19)8-6-15(24-3)7-9-18;1-2-4-5-3-1;1-2;;;;;/h6-7,14,19H,4-5,8-13,15H2,1-3H3;5-6,13,17H,3-4,7-12,14H2,1-2H3,(H2,24,25);4-5,10,15H,6-9,11H2,1-3H3,(H,23,24);4-5,10,15H,6-9,11H2,1-3H3;1-5H2;1H2,2H3;3*1H4;1H;/q;;;;;-1;;;;;+2/p-1. The minimum absolute atomic E-state index is 0. The van der Waals surface area contributed by atoms with Crippen LogP contribution in [-0.2, 0) is 86.0 Å². The molecular weight excluding hydrogens is 1680 g/mol. The Bertz CT molecular complexity index is 4500. The Morgan fingerprint density at radius 3 is 0.902 bits per heavy atom. The number of hydrogen-bond donors (Lipinski definition) is 2. The third-order valence-electron chi connectivity index (χ3n) is 30.3. The van der Waals surface area contributed by atoms with Crippen LogP contribution in [0.5, 0.6) is 0 Å². The number of guanidine groups is 1. The Morgan fingerprint density at radius 2 is 0.656 bits per heavy atom. The predicted molar refractivity (Wildman–Crippen MR) is 481 cm³/mol. The van der Waals surface area contributed by atoms with Gasteiger partial charge in [0.05, 0.1) is 30.0 Å². The molecule has 6 heterocycles. The molecule has 4 aromatic rings. The molecule has 7 fully saturated rings. The van der Waals surface area contributed by atoms with Crippen LogP contribution in [-0.4, -0.2) is 230 Å². The molecule has 3 N–H and O–H groups in total. The van der Waals surface area contributed by atoms with E-state index in [-0.39, 0.29) is 149 Å². The monoisotopic (exact) mass is 1820 g/mol. The number of carboxylic acids is 1. The SMILES string of the molecule is C.C.C.C1CCCC1.COC1CCC2(CC1)Cc1ccc(Br)cc1C21N=C(C)N(C)C1=O.COC1CCC2(CC1)Cc1ccc(C(=O)N3CCCC3)cc1C21N=C(C)N(C)C1=O.COC1CCC2(CC1)Cc1ccc(C(=O)N3CCCC3)cc1C21N=C(N)N(C)C1=O.COC1CCC2(CC1)Cc1ccc(C(=O)O)cc1C21N=C(C)N(C)C1=O.[Br-].[CH2-]C.[Mg+2]. The minimum atomic E-state index is -1.03. The van der Waals surface area contributed by atoms with Gasteiger partial charge < -0.3 is 78.2 Å². The molecule has 0 aromatic heterocycles. The van der Waals surface area contributed by atoms with Crippen molar-refractivity contribution in [2.45, 2.75) is 283 Å². The van der Waals surface area contributed by atoms with Crippen molar-refractivity contribution in [3.63, 3.8) is 0 Å². The summed E-state index contributed by atoms with van der Waals surface area (Å²) in [5, 5.41) is 9.44. The number of aromatic carboxylic acids is 1. The first-order valence-corrected chi connectivity index (χ1v) is 43.9. The van der Waals surface area contributed by atoms with Crippen molar-refractivity contribution >= 4 is 104 Å². The number of hydrogen-bond acceptors (Lipinski definition) is 16. The van der Waals surface area contributed by atoms with E-state index in [1.807, 2.05) is 81.1 Å². The van der Waals surface area contributed by atoms with E-state index in [1.54, 1.807) is 76.3 Å². The molecule has 0 bridgehead atoms. The van der Waals surface area contributed by atoms with E-state index >= 15 is 0 Å². The predicted octanol–water partition coefficient (Wildman–Crippen LogP) is 12.8. The Hall–Kier alpha value is -6.78. The molecule has 6 amide bonds. The Morgan fingerprint density at radius 1 is 0.410 bits per heavy atom. The quantitative estimate of drug-likeness (QED) is 0.129. The molecule has 9 aliphatic carbocycles. The second-order valence-corrected chi connectivity index (χ2v) is 36.7. The van der Waals surface area contributed by atoms with Crippen LogP contribution in [0.3, 0.4) is 0 Å². The molecule has 19 rings (SSSR count). The maximum Gasteiger partial charge on any atom is 2.00 e. The first-order chi connectivity index (χ1) is 56.1. The molecule has 122 heavy (non-hydrogen) atoms. The van der Waals surface area contributed by atoms with Crippen molar-refractivity contribution in [3.05, 3.63) is 145 Å². The fourth-order valence-corrected chi connectivity index (χ4v) is 23.9. The number of halogens is 2. The maximum absolute atomic E-state index is 13.7. The minimum Gasteiger partial charge on any atom is -1.00 e. The summed E-state index contributed by atoms with van der Waals surface area (Å²) in [6, 6.07) is 23.4. The van der Waals surface area contributed by atoms with Crippen molar-refractivity contribution in [1.82, 2.24) is 29.4 Å². The molecule has 6 aliphatic heterocycles. The number of carboxylic acid groups (broad SMARTS) is 1. The van der Waals surface area contributed by atoms with Gasteiger partial charge in [-0.1, -0.05) is 94.6 Å². The molecule has 4 unspecified atom stereocenters. The van der Waals surface area contributed by atoms with Crippen LogP contribution in [0.1, 0.15) is 286 Å². The summed E-state index contributed by atoms with van der Waals surface area (Å²) in [4.78, 5) is 122. The molecule has 662 valence electrons. The van der Waals surface area contributed by atoms with Crippen LogP contribution in [0.15, 0.2) is 97.2 Å². The van der Waals surface area contributed by atoms with Crippen LogP contribution in [0, 0.1) is 28.6 Å². The summed E-state index contributed by atoms with van der Waals surface area (Å²) < 4.78 is 23.3. The van der Waals surface area contributed by atoms with Crippen molar-refractivity contribution in [2.75, 3.05) is 82.8 Å². The fourth-order valence-electron chi connectivity index (χ4n) is 23.5. The number of benzene rings is 4. The van der Waals surface area contributed by atoms with Crippen molar-refractivity contribution in [3.8, 4) is 0 Å². The topological polar surface area (TPSA) is 272 Å². The van der Waals surface area contributed by atoms with E-state index in [4.69, 9.17) is 44.7 Å². The number of carbonyl (C=O) groups is 7. The zero-order chi connectivity index (χ0) is 83.5. The number of amides is 6. The van der Waals surface area contributed by atoms with Gasteiger partial charge in [0.2, 0.25) is 0 Å². The first kappa shape index (κ1) is 99.0. The summed E-state index contributed by atoms with van der Waals surface area (Å²) in [5.41, 5.74) is 11.4. The number of carbonyl (C=O) groups excluding carboxylic acids is 6. The van der Waals surface area contributed by atoms with Crippen LogP contribution in [0.25, 0.3) is 0 Å². The smallest absolute Gasteiger partial charge is 1.00 e. The number of likely N-dealkylation sites (N-methyl/N-ethyl adjacent to an activating group) is 4. The van der Waals surface area contributed by atoms with E-state index in [0.717, 1.165) is 230 Å². The fraction of sp³-hybridized carbons (Fsp3) is 0.625. The molecule has 26 heteroatoms. The van der Waals surface area contributed by atoms with Gasteiger partial charge in [-0.3, -0.25) is 48.6 Å². The van der Waals surface area contributed by atoms with E-state index in [1.165, 1.54) is 48.1 Å². The second-order valence-electron chi connectivity index (χ2n) is 35.8. The van der Waals surface area contributed by atoms with Gasteiger partial charge in [-0.05, 0) is 268 Å². The largest absolute Gasteiger partial charge is 2.00 e. The average molecular weight is 1820 g/mol. The maximum atomic E-state index is 13.7. The molecule has 4 aromatic carbocycles. The molecule has 0 radical (unpaired) electrons. The molecule has 8 spiro atoms. The third-order valence-corrected chi connectivity index (χ3v) is 30.8. The number of aliphatic imine (C=N–C) groups is 4. The number of ether oxygens (including phenoxy) is 4. The second kappa shape index (κ2) is 39.2. The van der Waals surface area contributed by atoms with Crippen molar-refractivity contribution in [1.29, 1.82) is 0 Å². The van der Waals surface area contributed by atoms with Gasteiger partial charge in [-0.2, -0.15) is 6.92 Å². The van der Waals surface area contributed by atoms with E-state index in [2.05, 4.69) is 47.1 Å². The summed E-state index contributed by atoms with van der Waals surface area (Å²) in [7, 11) is 14.2. The van der Waals surface area contributed by atoms with E-state index < -0.39 is 28.1 Å². The summed E-state index contributed by atoms with van der Waals surface area (Å²) in [6.07, 6.45) is 30.7. The zero-order valence-corrected chi connectivity index (χ0v) is 76.8.